The first kappa shape index (κ1) is 19.8. The van der Waals surface area contributed by atoms with Gasteiger partial charge in [-0.05, 0) is 62.9 Å². The van der Waals surface area contributed by atoms with Crippen molar-refractivity contribution in [2.45, 2.75) is 38.1 Å². The Morgan fingerprint density at radius 1 is 1.17 bits per heavy atom. The standard InChI is InChI=1S/C22H30N4O3/c1-28-19-9-8-15(12-20(19)29-2)21-17(14-24-25-21)22(27)23-13-16-6-5-11-26-10-4-3-7-18(16)26/h8-9,12,14,16,18H,3-7,10-11,13H2,1-2H3,(H,23,27)(H,24,25). The van der Waals surface area contributed by atoms with Gasteiger partial charge in [-0.3, -0.25) is 9.89 Å². The fourth-order valence-electron chi connectivity index (χ4n) is 4.80. The maximum atomic E-state index is 12.9. The average Bonchev–Trinajstić information content (AvgIpc) is 3.27. The zero-order valence-corrected chi connectivity index (χ0v) is 17.2. The molecule has 2 N–H and O–H groups in total. The molecule has 2 aliphatic heterocycles. The van der Waals surface area contributed by atoms with Gasteiger partial charge >= 0.3 is 0 Å². The first-order chi connectivity index (χ1) is 14.2. The number of aromatic nitrogens is 2. The van der Waals surface area contributed by atoms with Gasteiger partial charge in [-0.25, -0.2) is 0 Å². The lowest BCUT2D eigenvalue weighted by molar-refractivity contribution is 0.0576. The maximum Gasteiger partial charge on any atom is 0.255 e. The molecule has 0 bridgehead atoms. The first-order valence-corrected chi connectivity index (χ1v) is 10.5. The fraction of sp³-hybridized carbons (Fsp3) is 0.545. The van der Waals surface area contributed by atoms with Crippen LogP contribution in [0, 0.1) is 5.92 Å². The van der Waals surface area contributed by atoms with E-state index in [2.05, 4.69) is 20.4 Å². The smallest absolute Gasteiger partial charge is 0.255 e. The highest BCUT2D eigenvalue weighted by atomic mass is 16.5. The van der Waals surface area contributed by atoms with Crippen LogP contribution in [0.15, 0.2) is 24.4 Å². The number of methoxy groups -OCH3 is 2. The van der Waals surface area contributed by atoms with Crippen molar-refractivity contribution in [3.63, 3.8) is 0 Å². The van der Waals surface area contributed by atoms with Crippen molar-refractivity contribution in [2.24, 2.45) is 5.92 Å². The highest BCUT2D eigenvalue weighted by molar-refractivity contribution is 5.99. The van der Waals surface area contributed by atoms with Crippen molar-refractivity contribution in [2.75, 3.05) is 33.9 Å². The monoisotopic (exact) mass is 398 g/mol. The minimum absolute atomic E-state index is 0.0866. The Morgan fingerprint density at radius 3 is 2.83 bits per heavy atom. The number of piperidine rings is 2. The van der Waals surface area contributed by atoms with Gasteiger partial charge in [0.25, 0.3) is 5.91 Å². The van der Waals surface area contributed by atoms with E-state index >= 15 is 0 Å². The SMILES string of the molecule is COc1ccc(-c2[nH]ncc2C(=O)NCC2CCCN3CCCCC23)cc1OC. The van der Waals surface area contributed by atoms with Gasteiger partial charge in [0, 0.05) is 18.2 Å². The molecule has 0 aliphatic carbocycles. The summed E-state index contributed by atoms with van der Waals surface area (Å²) < 4.78 is 10.7. The van der Waals surface area contributed by atoms with Crippen molar-refractivity contribution in [3.8, 4) is 22.8 Å². The van der Waals surface area contributed by atoms with Crippen LogP contribution < -0.4 is 14.8 Å². The summed E-state index contributed by atoms with van der Waals surface area (Å²) in [6.07, 6.45) is 7.86. The third-order valence-electron chi connectivity index (χ3n) is 6.31. The molecular weight excluding hydrogens is 368 g/mol. The van der Waals surface area contributed by atoms with Crippen LogP contribution in [0.1, 0.15) is 42.5 Å². The number of nitrogens with zero attached hydrogens (tertiary/aromatic N) is 2. The highest BCUT2D eigenvalue weighted by Crippen LogP contribution is 2.33. The van der Waals surface area contributed by atoms with Crippen LogP contribution in [0.4, 0.5) is 0 Å². The first-order valence-electron chi connectivity index (χ1n) is 10.5. The molecule has 2 atom stereocenters. The van der Waals surface area contributed by atoms with Crippen LogP contribution >= 0.6 is 0 Å². The Bertz CT molecular complexity index is 848. The third kappa shape index (κ3) is 4.10. The summed E-state index contributed by atoms with van der Waals surface area (Å²) in [6.45, 7) is 3.14. The number of carbonyl (C=O) groups is 1. The number of ether oxygens (including phenoxy) is 2. The summed E-state index contributed by atoms with van der Waals surface area (Å²) in [5, 5.41) is 10.2. The van der Waals surface area contributed by atoms with Crippen molar-refractivity contribution < 1.29 is 14.3 Å². The Kier molecular flexibility index (Phi) is 6.04. The average molecular weight is 399 g/mol. The van der Waals surface area contributed by atoms with E-state index in [4.69, 9.17) is 9.47 Å². The number of aromatic amines is 1. The minimum Gasteiger partial charge on any atom is -0.493 e. The van der Waals surface area contributed by atoms with Gasteiger partial charge in [0.15, 0.2) is 11.5 Å². The molecule has 156 valence electrons. The van der Waals surface area contributed by atoms with E-state index in [0.717, 1.165) is 12.1 Å². The molecule has 0 saturated carbocycles. The van der Waals surface area contributed by atoms with Crippen LogP contribution in [0.3, 0.4) is 0 Å². The molecule has 1 aromatic carbocycles. The molecule has 2 saturated heterocycles. The quantitative estimate of drug-likeness (QED) is 0.782. The van der Waals surface area contributed by atoms with Crippen LogP contribution in [0.5, 0.6) is 11.5 Å². The topological polar surface area (TPSA) is 79.5 Å². The second kappa shape index (κ2) is 8.86. The predicted octanol–water partition coefficient (Wildman–Crippen LogP) is 3.09. The predicted molar refractivity (Wildman–Crippen MR) is 111 cm³/mol. The Hall–Kier alpha value is -2.54. The molecule has 1 amide bonds. The van der Waals surface area contributed by atoms with Gasteiger partial charge in [-0.15, -0.1) is 0 Å². The molecule has 2 aromatic rings. The van der Waals surface area contributed by atoms with E-state index in [9.17, 15) is 4.79 Å². The normalized spacial score (nSPS) is 22.0. The fourth-order valence-corrected chi connectivity index (χ4v) is 4.80. The lowest BCUT2D eigenvalue weighted by Crippen LogP contribution is -2.51. The van der Waals surface area contributed by atoms with E-state index in [1.807, 2.05) is 18.2 Å². The van der Waals surface area contributed by atoms with Gasteiger partial charge < -0.3 is 19.7 Å². The largest absolute Gasteiger partial charge is 0.493 e. The molecule has 0 spiro atoms. The number of carbonyl (C=O) groups excluding carboxylic acids is 1. The van der Waals surface area contributed by atoms with Crippen molar-refractivity contribution in [1.82, 2.24) is 20.4 Å². The van der Waals surface area contributed by atoms with Crippen LogP contribution in [-0.4, -0.2) is 60.9 Å². The molecule has 1 aromatic heterocycles. The van der Waals surface area contributed by atoms with Crippen molar-refractivity contribution in [1.29, 1.82) is 0 Å². The van der Waals surface area contributed by atoms with Crippen LogP contribution in [0.2, 0.25) is 0 Å². The zero-order valence-electron chi connectivity index (χ0n) is 17.2. The summed E-state index contributed by atoms with van der Waals surface area (Å²) in [7, 11) is 3.20. The molecule has 7 nitrogen and oxygen atoms in total. The number of H-pyrrole nitrogens is 1. The maximum absolute atomic E-state index is 12.9. The van der Waals surface area contributed by atoms with E-state index in [0.29, 0.717) is 34.7 Å². The lowest BCUT2D eigenvalue weighted by Gasteiger charge is -2.44. The summed E-state index contributed by atoms with van der Waals surface area (Å²) in [5.74, 6) is 1.71. The van der Waals surface area contributed by atoms with E-state index in [-0.39, 0.29) is 5.91 Å². The van der Waals surface area contributed by atoms with Crippen molar-refractivity contribution >= 4 is 5.91 Å². The highest BCUT2D eigenvalue weighted by Gasteiger charge is 2.33. The number of nitrogens with one attached hydrogen (secondary N) is 2. The molecule has 29 heavy (non-hydrogen) atoms. The summed E-state index contributed by atoms with van der Waals surface area (Å²) >= 11 is 0. The molecule has 2 aliphatic rings. The van der Waals surface area contributed by atoms with E-state index < -0.39 is 0 Å². The molecular formula is C22H30N4O3. The van der Waals surface area contributed by atoms with Crippen LogP contribution in [-0.2, 0) is 0 Å². The Balaban J connectivity index is 1.46. The van der Waals surface area contributed by atoms with E-state index in [1.165, 1.54) is 45.2 Å². The number of fused-ring (bicyclic) bond motifs is 1. The zero-order chi connectivity index (χ0) is 20.2. The molecule has 2 fully saturated rings. The third-order valence-corrected chi connectivity index (χ3v) is 6.31. The molecule has 0 radical (unpaired) electrons. The number of amides is 1. The molecule has 4 rings (SSSR count). The Morgan fingerprint density at radius 2 is 2.00 bits per heavy atom. The Labute approximate surface area is 171 Å². The second-order valence-corrected chi connectivity index (χ2v) is 7.94. The van der Waals surface area contributed by atoms with Gasteiger partial charge in [-0.2, -0.15) is 5.10 Å². The molecule has 3 heterocycles. The second-order valence-electron chi connectivity index (χ2n) is 7.94. The lowest BCUT2D eigenvalue weighted by atomic mass is 9.83. The summed E-state index contributed by atoms with van der Waals surface area (Å²) in [4.78, 5) is 15.6. The van der Waals surface area contributed by atoms with Gasteiger partial charge in [0.1, 0.15) is 0 Å². The summed E-state index contributed by atoms with van der Waals surface area (Å²) in [6, 6.07) is 6.19. The van der Waals surface area contributed by atoms with Crippen LogP contribution in [0.25, 0.3) is 11.3 Å². The van der Waals surface area contributed by atoms with E-state index in [1.54, 1.807) is 20.4 Å². The molecule has 2 unspecified atom stereocenters. The number of benzene rings is 1. The summed E-state index contributed by atoms with van der Waals surface area (Å²) in [5.41, 5.74) is 2.07. The van der Waals surface area contributed by atoms with Gasteiger partial charge in [0.05, 0.1) is 31.7 Å². The van der Waals surface area contributed by atoms with Gasteiger partial charge in [0.2, 0.25) is 0 Å². The number of hydrogen-bond donors (Lipinski definition) is 2. The number of rotatable bonds is 6. The van der Waals surface area contributed by atoms with Gasteiger partial charge in [-0.1, -0.05) is 6.42 Å². The van der Waals surface area contributed by atoms with Crippen molar-refractivity contribution in [3.05, 3.63) is 30.0 Å². The number of hydrogen-bond acceptors (Lipinski definition) is 5. The molecule has 7 heteroatoms. The minimum atomic E-state index is -0.0866.